The van der Waals surface area contributed by atoms with Crippen molar-refractivity contribution in [3.05, 3.63) is 29.7 Å². The number of halogens is 1. The molecule has 1 aliphatic rings. The topological polar surface area (TPSA) is 62.5 Å². The fourth-order valence-corrected chi connectivity index (χ4v) is 2.57. The second-order valence-corrected chi connectivity index (χ2v) is 4.64. The van der Waals surface area contributed by atoms with Gasteiger partial charge >= 0.3 is 0 Å². The van der Waals surface area contributed by atoms with Crippen LogP contribution >= 0.6 is 12.4 Å². The predicted octanol–water partition coefficient (Wildman–Crippen LogP) is 0.897. The summed E-state index contributed by atoms with van der Waals surface area (Å²) in [6.45, 7) is 3.69. The Hall–Kier alpha value is -1.17. The summed E-state index contributed by atoms with van der Waals surface area (Å²) >= 11 is 0. The summed E-state index contributed by atoms with van der Waals surface area (Å²) < 4.78 is 1.77. The number of fused-ring (bicyclic) bond motifs is 1. The first-order valence-electron chi connectivity index (χ1n) is 5.94. The molecular formula is C12H17ClN4O. The molecule has 0 spiro atoms. The smallest absolute Gasteiger partial charge is 0.155 e. The van der Waals surface area contributed by atoms with Crippen molar-refractivity contribution in [1.82, 2.24) is 19.9 Å². The third-order valence-corrected chi connectivity index (χ3v) is 3.51. The number of aliphatic hydroxyl groups excluding tert-OH is 1. The maximum atomic E-state index is 10.1. The first kappa shape index (κ1) is 13.3. The van der Waals surface area contributed by atoms with Crippen LogP contribution in [0.4, 0.5) is 0 Å². The van der Waals surface area contributed by atoms with Crippen LogP contribution in [0.25, 0.3) is 5.65 Å². The molecule has 2 aromatic heterocycles. The molecule has 2 N–H and O–H groups in total. The van der Waals surface area contributed by atoms with Gasteiger partial charge < -0.3 is 10.4 Å². The lowest BCUT2D eigenvalue weighted by Crippen LogP contribution is -2.39. The maximum Gasteiger partial charge on any atom is 0.155 e. The average molecular weight is 269 g/mol. The van der Waals surface area contributed by atoms with Gasteiger partial charge in [-0.25, -0.2) is 9.50 Å². The van der Waals surface area contributed by atoms with Crippen molar-refractivity contribution in [1.29, 1.82) is 0 Å². The van der Waals surface area contributed by atoms with Crippen LogP contribution in [0.1, 0.15) is 23.5 Å². The van der Waals surface area contributed by atoms with Crippen molar-refractivity contribution in [2.45, 2.75) is 25.4 Å². The van der Waals surface area contributed by atoms with E-state index in [-0.39, 0.29) is 24.4 Å². The minimum absolute atomic E-state index is 0. The van der Waals surface area contributed by atoms with Crippen molar-refractivity contribution >= 4 is 18.1 Å². The van der Waals surface area contributed by atoms with Crippen LogP contribution in [0.5, 0.6) is 0 Å². The first-order chi connectivity index (χ1) is 8.25. The Kier molecular flexibility index (Phi) is 3.85. The Labute approximate surface area is 112 Å². The highest BCUT2D eigenvalue weighted by atomic mass is 35.5. The first-order valence-corrected chi connectivity index (χ1v) is 5.94. The molecule has 6 heteroatoms. The lowest BCUT2D eigenvalue weighted by molar-refractivity contribution is 0.118. The van der Waals surface area contributed by atoms with Crippen molar-refractivity contribution in [2.75, 3.05) is 13.1 Å². The molecule has 0 aliphatic carbocycles. The van der Waals surface area contributed by atoms with Gasteiger partial charge in [0.25, 0.3) is 0 Å². The van der Waals surface area contributed by atoms with E-state index in [0.717, 1.165) is 18.6 Å². The van der Waals surface area contributed by atoms with Crippen molar-refractivity contribution in [2.24, 2.45) is 0 Å². The highest BCUT2D eigenvalue weighted by molar-refractivity contribution is 5.85. The fourth-order valence-electron chi connectivity index (χ4n) is 2.57. The molecule has 1 fully saturated rings. The number of aromatic nitrogens is 3. The molecule has 0 unspecified atom stereocenters. The Morgan fingerprint density at radius 1 is 1.50 bits per heavy atom. The number of β-amino-alcohol motifs (C(OH)–C–C–N with tert-alkyl or cyclic N) is 1. The van der Waals surface area contributed by atoms with Crippen molar-refractivity contribution < 1.29 is 5.11 Å². The van der Waals surface area contributed by atoms with Gasteiger partial charge in [-0.3, -0.25) is 0 Å². The quantitative estimate of drug-likeness (QED) is 0.807. The zero-order valence-corrected chi connectivity index (χ0v) is 11.0. The van der Waals surface area contributed by atoms with Crippen LogP contribution < -0.4 is 5.32 Å². The Morgan fingerprint density at radius 2 is 2.33 bits per heavy atom. The summed E-state index contributed by atoms with van der Waals surface area (Å²) in [4.78, 5) is 4.16. The Bertz CT molecular complexity index is 542. The molecule has 3 heterocycles. The van der Waals surface area contributed by atoms with Gasteiger partial charge in [0.1, 0.15) is 6.33 Å². The third kappa shape index (κ3) is 2.21. The largest absolute Gasteiger partial charge is 0.391 e. The number of hydrogen-bond donors (Lipinski definition) is 2. The second kappa shape index (κ2) is 5.22. The molecule has 1 saturated heterocycles. The van der Waals surface area contributed by atoms with E-state index in [1.807, 2.05) is 12.3 Å². The summed E-state index contributed by atoms with van der Waals surface area (Å²) in [5, 5.41) is 17.4. The van der Waals surface area contributed by atoms with Crippen LogP contribution in [-0.4, -0.2) is 38.9 Å². The molecule has 5 nitrogen and oxygen atoms in total. The Balaban J connectivity index is 0.00000120. The number of nitrogens with one attached hydrogen (secondary N) is 1. The van der Waals surface area contributed by atoms with E-state index in [4.69, 9.17) is 0 Å². The minimum Gasteiger partial charge on any atom is -0.391 e. The third-order valence-electron chi connectivity index (χ3n) is 3.51. The van der Waals surface area contributed by atoms with E-state index < -0.39 is 0 Å². The van der Waals surface area contributed by atoms with Crippen LogP contribution in [0.15, 0.2) is 18.6 Å². The van der Waals surface area contributed by atoms with E-state index in [9.17, 15) is 5.11 Å². The highest BCUT2D eigenvalue weighted by Gasteiger charge is 2.26. The van der Waals surface area contributed by atoms with Gasteiger partial charge in [-0.05, 0) is 37.1 Å². The molecule has 18 heavy (non-hydrogen) atoms. The van der Waals surface area contributed by atoms with Gasteiger partial charge in [0.15, 0.2) is 5.65 Å². The zero-order chi connectivity index (χ0) is 11.8. The average Bonchev–Trinajstić information content (AvgIpc) is 2.76. The normalized spacial score (nSPS) is 23.9. The summed E-state index contributed by atoms with van der Waals surface area (Å²) in [6.07, 6.45) is 4.19. The molecular weight excluding hydrogens is 252 g/mol. The highest BCUT2D eigenvalue weighted by Crippen LogP contribution is 2.28. The molecule has 2 atom stereocenters. The molecule has 0 saturated carbocycles. The van der Waals surface area contributed by atoms with Crippen molar-refractivity contribution in [3.8, 4) is 0 Å². The number of aliphatic hydroxyl groups is 1. The number of aryl methyl sites for hydroxylation is 1. The minimum atomic E-state index is -0.316. The number of pyridine rings is 1. The van der Waals surface area contributed by atoms with E-state index in [0.29, 0.717) is 6.54 Å². The van der Waals surface area contributed by atoms with Crippen LogP contribution in [-0.2, 0) is 0 Å². The molecule has 2 aromatic rings. The van der Waals surface area contributed by atoms with Gasteiger partial charge in [-0.1, -0.05) is 0 Å². The molecule has 0 aromatic carbocycles. The molecule has 1 aliphatic heterocycles. The summed E-state index contributed by atoms with van der Waals surface area (Å²) in [5.41, 5.74) is 3.21. The van der Waals surface area contributed by atoms with Crippen LogP contribution in [0.3, 0.4) is 0 Å². The van der Waals surface area contributed by atoms with E-state index >= 15 is 0 Å². The fraction of sp³-hybridized carbons (Fsp3) is 0.500. The number of rotatable bonds is 1. The summed E-state index contributed by atoms with van der Waals surface area (Å²) in [7, 11) is 0. The van der Waals surface area contributed by atoms with E-state index in [1.54, 1.807) is 10.8 Å². The van der Waals surface area contributed by atoms with Crippen LogP contribution in [0.2, 0.25) is 0 Å². The lowest BCUT2D eigenvalue weighted by Gasteiger charge is -2.29. The molecule has 3 rings (SSSR count). The number of piperidine rings is 1. The predicted molar refractivity (Wildman–Crippen MR) is 71.2 cm³/mol. The molecule has 0 bridgehead atoms. The van der Waals surface area contributed by atoms with Crippen molar-refractivity contribution in [3.63, 3.8) is 0 Å². The van der Waals surface area contributed by atoms with Gasteiger partial charge in [0.2, 0.25) is 0 Å². The van der Waals surface area contributed by atoms with E-state index in [2.05, 4.69) is 22.3 Å². The second-order valence-electron chi connectivity index (χ2n) is 4.64. The van der Waals surface area contributed by atoms with Gasteiger partial charge in [-0.15, -0.1) is 12.4 Å². The maximum absolute atomic E-state index is 10.1. The van der Waals surface area contributed by atoms with E-state index in [1.165, 1.54) is 11.1 Å². The van der Waals surface area contributed by atoms with Gasteiger partial charge in [-0.2, -0.15) is 5.10 Å². The lowest BCUT2D eigenvalue weighted by atomic mass is 9.86. The summed E-state index contributed by atoms with van der Waals surface area (Å²) in [6, 6.07) is 2.02. The zero-order valence-electron chi connectivity index (χ0n) is 10.2. The Morgan fingerprint density at radius 3 is 3.11 bits per heavy atom. The standard InChI is InChI=1S/C12H16N4O.ClH/c1-8-4-12-14-7-15-16(12)6-10(8)9-2-3-13-5-11(9)17;/h4,6-7,9,11,13,17H,2-3,5H2,1H3;1H/t9-,11+;/m0./s1. The SMILES string of the molecule is Cc1cc2ncnn2cc1[C@@H]1CCNC[C@H]1O.Cl. The van der Waals surface area contributed by atoms with Gasteiger partial charge in [0.05, 0.1) is 6.10 Å². The molecule has 98 valence electrons. The van der Waals surface area contributed by atoms with Gasteiger partial charge in [0, 0.05) is 18.7 Å². The molecule has 0 radical (unpaired) electrons. The van der Waals surface area contributed by atoms with Crippen LogP contribution in [0, 0.1) is 6.92 Å². The number of hydrogen-bond acceptors (Lipinski definition) is 4. The molecule has 0 amide bonds. The monoisotopic (exact) mass is 268 g/mol. The summed E-state index contributed by atoms with van der Waals surface area (Å²) in [5.74, 6) is 0.199. The number of nitrogens with zero attached hydrogens (tertiary/aromatic N) is 3.